The number of aromatic nitrogens is 2. The number of benzene rings is 1. The van der Waals surface area contributed by atoms with Gasteiger partial charge in [0.2, 0.25) is 11.9 Å². The first-order chi connectivity index (χ1) is 10.2. The molecule has 1 fully saturated rings. The van der Waals surface area contributed by atoms with E-state index < -0.39 is 0 Å². The Hall–Kier alpha value is -2.14. The molecular weight excluding hydrogens is 288 g/mol. The molecule has 108 valence electrons. The molecule has 0 radical (unpaired) electrons. The summed E-state index contributed by atoms with van der Waals surface area (Å²) in [5.41, 5.74) is 1.08. The first-order valence-corrected chi connectivity index (χ1v) is 7.14. The second-order valence-electron chi connectivity index (χ2n) is 4.91. The molecule has 0 bridgehead atoms. The van der Waals surface area contributed by atoms with Crippen molar-refractivity contribution < 1.29 is 4.79 Å². The number of amides is 1. The van der Waals surface area contributed by atoms with E-state index in [1.54, 1.807) is 18.5 Å². The fourth-order valence-corrected chi connectivity index (χ4v) is 2.44. The molecule has 0 spiro atoms. The van der Waals surface area contributed by atoms with Crippen LogP contribution < -0.4 is 4.90 Å². The van der Waals surface area contributed by atoms with Gasteiger partial charge in [0.15, 0.2) is 0 Å². The average Bonchev–Trinajstić information content (AvgIpc) is 2.52. The number of hydrogen-bond acceptors (Lipinski definition) is 4. The second-order valence-corrected chi connectivity index (χ2v) is 5.35. The van der Waals surface area contributed by atoms with Crippen molar-refractivity contribution in [1.29, 1.82) is 0 Å². The van der Waals surface area contributed by atoms with Crippen LogP contribution in [0.15, 0.2) is 42.7 Å². The molecule has 1 aliphatic heterocycles. The van der Waals surface area contributed by atoms with Crippen LogP contribution in [0.25, 0.3) is 0 Å². The van der Waals surface area contributed by atoms with E-state index in [2.05, 4.69) is 9.97 Å². The number of carbonyl (C=O) groups is 1. The summed E-state index contributed by atoms with van der Waals surface area (Å²) in [4.78, 5) is 24.4. The van der Waals surface area contributed by atoms with Gasteiger partial charge in [0.1, 0.15) is 6.54 Å². The van der Waals surface area contributed by atoms with Gasteiger partial charge in [-0.1, -0.05) is 23.7 Å². The standard InChI is InChI=1S/C15H15ClN4O/c16-13-4-2-12(3-5-13)10-19-8-9-20(11-14(19)21)15-17-6-1-7-18-15/h1-7H,8-11H2. The molecule has 1 aromatic heterocycles. The summed E-state index contributed by atoms with van der Waals surface area (Å²) < 4.78 is 0. The molecule has 0 unspecified atom stereocenters. The lowest BCUT2D eigenvalue weighted by Gasteiger charge is -2.34. The average molecular weight is 303 g/mol. The lowest BCUT2D eigenvalue weighted by molar-refractivity contribution is -0.131. The zero-order chi connectivity index (χ0) is 14.7. The molecular formula is C15H15ClN4O. The van der Waals surface area contributed by atoms with Crippen LogP contribution in [0.2, 0.25) is 5.02 Å². The van der Waals surface area contributed by atoms with Crippen LogP contribution in [0.3, 0.4) is 0 Å². The molecule has 3 rings (SSSR count). The van der Waals surface area contributed by atoms with Gasteiger partial charge in [-0.25, -0.2) is 9.97 Å². The van der Waals surface area contributed by atoms with Gasteiger partial charge in [-0.3, -0.25) is 4.79 Å². The quantitative estimate of drug-likeness (QED) is 0.870. The Morgan fingerprint density at radius 1 is 1.10 bits per heavy atom. The highest BCUT2D eigenvalue weighted by molar-refractivity contribution is 6.30. The molecule has 5 nitrogen and oxygen atoms in total. The minimum absolute atomic E-state index is 0.0867. The molecule has 6 heteroatoms. The van der Waals surface area contributed by atoms with Crippen molar-refractivity contribution in [3.63, 3.8) is 0 Å². The minimum Gasteiger partial charge on any atom is -0.335 e. The Morgan fingerprint density at radius 2 is 1.81 bits per heavy atom. The number of carbonyl (C=O) groups excluding carboxylic acids is 1. The largest absolute Gasteiger partial charge is 0.335 e. The molecule has 0 atom stereocenters. The lowest BCUT2D eigenvalue weighted by atomic mass is 10.2. The number of hydrogen-bond donors (Lipinski definition) is 0. The summed E-state index contributed by atoms with van der Waals surface area (Å²) >= 11 is 5.87. The smallest absolute Gasteiger partial charge is 0.242 e. The van der Waals surface area contributed by atoms with E-state index in [4.69, 9.17) is 11.6 Å². The Kier molecular flexibility index (Phi) is 4.01. The van der Waals surface area contributed by atoms with E-state index >= 15 is 0 Å². The van der Waals surface area contributed by atoms with Crippen LogP contribution in [0.4, 0.5) is 5.95 Å². The molecule has 1 aliphatic rings. The number of halogens is 1. The fraction of sp³-hybridized carbons (Fsp3) is 0.267. The van der Waals surface area contributed by atoms with Gasteiger partial charge >= 0.3 is 0 Å². The third kappa shape index (κ3) is 3.31. The third-order valence-electron chi connectivity index (χ3n) is 3.44. The Balaban J connectivity index is 1.63. The van der Waals surface area contributed by atoms with E-state index in [0.29, 0.717) is 30.6 Å². The van der Waals surface area contributed by atoms with Crippen molar-refractivity contribution >= 4 is 23.5 Å². The number of nitrogens with zero attached hydrogens (tertiary/aromatic N) is 4. The predicted octanol–water partition coefficient (Wildman–Crippen LogP) is 1.98. The molecule has 1 saturated heterocycles. The number of rotatable bonds is 3. The van der Waals surface area contributed by atoms with Gasteiger partial charge in [-0.15, -0.1) is 0 Å². The van der Waals surface area contributed by atoms with Crippen molar-refractivity contribution in [2.24, 2.45) is 0 Å². The number of piperazine rings is 1. The Bertz CT molecular complexity index is 617. The van der Waals surface area contributed by atoms with Crippen LogP contribution >= 0.6 is 11.6 Å². The first kappa shape index (κ1) is 13.8. The summed E-state index contributed by atoms with van der Waals surface area (Å²) in [6.45, 7) is 2.33. The summed E-state index contributed by atoms with van der Waals surface area (Å²) in [6.07, 6.45) is 3.37. The molecule has 2 aromatic rings. The maximum atomic E-state index is 12.3. The SMILES string of the molecule is O=C1CN(c2ncccn2)CCN1Cc1ccc(Cl)cc1. The van der Waals surface area contributed by atoms with Crippen LogP contribution in [-0.2, 0) is 11.3 Å². The highest BCUT2D eigenvalue weighted by Crippen LogP contribution is 2.15. The molecule has 0 saturated carbocycles. The maximum Gasteiger partial charge on any atom is 0.242 e. The Morgan fingerprint density at radius 3 is 2.48 bits per heavy atom. The first-order valence-electron chi connectivity index (χ1n) is 6.76. The highest BCUT2D eigenvalue weighted by Gasteiger charge is 2.25. The topological polar surface area (TPSA) is 49.3 Å². The molecule has 2 heterocycles. The highest BCUT2D eigenvalue weighted by atomic mass is 35.5. The van der Waals surface area contributed by atoms with Crippen molar-refractivity contribution in [3.05, 3.63) is 53.3 Å². The van der Waals surface area contributed by atoms with E-state index in [9.17, 15) is 4.79 Å². The van der Waals surface area contributed by atoms with Crippen LogP contribution in [0.1, 0.15) is 5.56 Å². The third-order valence-corrected chi connectivity index (χ3v) is 3.69. The molecule has 1 amide bonds. The zero-order valence-corrected chi connectivity index (χ0v) is 12.2. The van der Waals surface area contributed by atoms with Gasteiger partial charge < -0.3 is 9.80 Å². The molecule has 1 aromatic carbocycles. The van der Waals surface area contributed by atoms with Crippen LogP contribution in [0, 0.1) is 0 Å². The lowest BCUT2D eigenvalue weighted by Crippen LogP contribution is -2.50. The fourth-order valence-electron chi connectivity index (χ4n) is 2.31. The zero-order valence-electron chi connectivity index (χ0n) is 11.4. The molecule has 0 N–H and O–H groups in total. The predicted molar refractivity (Wildman–Crippen MR) is 81.1 cm³/mol. The van der Waals surface area contributed by atoms with Gasteiger partial charge in [0.25, 0.3) is 0 Å². The van der Waals surface area contributed by atoms with Crippen molar-refractivity contribution in [2.45, 2.75) is 6.54 Å². The normalized spacial score (nSPS) is 15.4. The van der Waals surface area contributed by atoms with Crippen LogP contribution in [-0.4, -0.2) is 40.4 Å². The number of anilines is 1. The second kappa shape index (κ2) is 6.10. The minimum atomic E-state index is 0.0867. The monoisotopic (exact) mass is 302 g/mol. The maximum absolute atomic E-state index is 12.3. The van der Waals surface area contributed by atoms with Gasteiger partial charge in [0, 0.05) is 37.1 Å². The van der Waals surface area contributed by atoms with Crippen molar-refractivity contribution in [3.8, 4) is 0 Å². The van der Waals surface area contributed by atoms with E-state index in [1.165, 1.54) is 0 Å². The summed E-state index contributed by atoms with van der Waals surface area (Å²) in [5.74, 6) is 0.695. The van der Waals surface area contributed by atoms with Gasteiger partial charge in [-0.2, -0.15) is 0 Å². The van der Waals surface area contributed by atoms with Crippen molar-refractivity contribution in [1.82, 2.24) is 14.9 Å². The van der Waals surface area contributed by atoms with Gasteiger partial charge in [0.05, 0.1) is 0 Å². The summed E-state index contributed by atoms with van der Waals surface area (Å²) in [5, 5.41) is 0.705. The van der Waals surface area contributed by atoms with E-state index in [-0.39, 0.29) is 5.91 Å². The van der Waals surface area contributed by atoms with E-state index in [0.717, 1.165) is 12.1 Å². The van der Waals surface area contributed by atoms with E-state index in [1.807, 2.05) is 34.1 Å². The van der Waals surface area contributed by atoms with Gasteiger partial charge in [-0.05, 0) is 23.8 Å². The summed E-state index contributed by atoms with van der Waals surface area (Å²) in [7, 11) is 0. The Labute approximate surface area is 128 Å². The molecule has 21 heavy (non-hydrogen) atoms. The van der Waals surface area contributed by atoms with Crippen molar-refractivity contribution in [2.75, 3.05) is 24.5 Å². The molecule has 0 aliphatic carbocycles. The summed E-state index contributed by atoms with van der Waals surface area (Å²) in [6, 6.07) is 9.34. The van der Waals surface area contributed by atoms with Crippen LogP contribution in [0.5, 0.6) is 0 Å².